The van der Waals surface area contributed by atoms with Crippen LogP contribution in [0.15, 0.2) is 23.1 Å². The monoisotopic (exact) mass is 235 g/mol. The molecule has 1 aromatic carbocycles. The van der Waals surface area contributed by atoms with Crippen molar-refractivity contribution in [3.05, 3.63) is 28.3 Å². The van der Waals surface area contributed by atoms with Crippen LogP contribution in [0.2, 0.25) is 0 Å². The van der Waals surface area contributed by atoms with Gasteiger partial charge in [-0.25, -0.2) is 8.42 Å². The Morgan fingerprint density at radius 3 is 2.27 bits per heavy atom. The third-order valence-corrected chi connectivity index (χ3v) is 2.32. The number of benzene rings is 1. The highest BCUT2D eigenvalue weighted by Gasteiger charge is 2.14. The average molecular weight is 235 g/mol. The molecule has 0 radical (unpaired) electrons. The Bertz CT molecular complexity index is 484. The summed E-state index contributed by atoms with van der Waals surface area (Å²) in [6.07, 6.45) is 0. The standard InChI is InChI=1S/C6H6N2O5S.H3N/c7-5-2-1-4(14(11,12)13)3-6(5)8(9)10;/h1-3H,7H2,(H,11,12,13);1H3. The van der Waals surface area contributed by atoms with Crippen molar-refractivity contribution < 1.29 is 17.9 Å². The van der Waals surface area contributed by atoms with Gasteiger partial charge in [0.05, 0.1) is 9.82 Å². The highest BCUT2D eigenvalue weighted by molar-refractivity contribution is 7.85. The van der Waals surface area contributed by atoms with Crippen LogP contribution in [0.3, 0.4) is 0 Å². The zero-order valence-corrected chi connectivity index (χ0v) is 8.52. The minimum Gasteiger partial charge on any atom is -0.744 e. The number of quaternary nitrogens is 1. The summed E-state index contributed by atoms with van der Waals surface area (Å²) in [4.78, 5) is 8.80. The predicted molar refractivity (Wildman–Crippen MR) is 51.5 cm³/mol. The van der Waals surface area contributed by atoms with Crippen LogP contribution < -0.4 is 11.9 Å². The van der Waals surface area contributed by atoms with Gasteiger partial charge in [0.1, 0.15) is 15.8 Å². The summed E-state index contributed by atoms with van der Waals surface area (Å²) in [6.45, 7) is 0. The van der Waals surface area contributed by atoms with Crippen LogP contribution in [0, 0.1) is 10.1 Å². The van der Waals surface area contributed by atoms with Gasteiger partial charge in [0.25, 0.3) is 5.69 Å². The summed E-state index contributed by atoms with van der Waals surface area (Å²) in [6, 6.07) is 2.56. The number of nitrogens with two attached hydrogens (primary N) is 1. The summed E-state index contributed by atoms with van der Waals surface area (Å²) in [7, 11) is -4.69. The zero-order chi connectivity index (χ0) is 10.9. The van der Waals surface area contributed by atoms with Crippen molar-refractivity contribution in [2.45, 2.75) is 4.90 Å². The molecule has 0 unspecified atom stereocenters. The molecule has 0 saturated heterocycles. The van der Waals surface area contributed by atoms with Crippen molar-refractivity contribution >= 4 is 21.5 Å². The second kappa shape index (κ2) is 4.21. The number of nitro benzene ring substituents is 1. The van der Waals surface area contributed by atoms with E-state index in [-0.39, 0.29) is 11.8 Å². The molecule has 0 spiro atoms. The molecule has 0 atom stereocenters. The number of nitro groups is 1. The van der Waals surface area contributed by atoms with Gasteiger partial charge in [-0.05, 0) is 12.1 Å². The van der Waals surface area contributed by atoms with Gasteiger partial charge in [0, 0.05) is 6.07 Å². The summed E-state index contributed by atoms with van der Waals surface area (Å²) in [5.41, 5.74) is 4.41. The van der Waals surface area contributed by atoms with E-state index >= 15 is 0 Å². The molecular weight excluding hydrogens is 226 g/mol. The number of hydrogen-bond acceptors (Lipinski definition) is 6. The van der Waals surface area contributed by atoms with Gasteiger partial charge < -0.3 is 16.4 Å². The van der Waals surface area contributed by atoms with Crippen LogP contribution in [-0.4, -0.2) is 17.9 Å². The van der Waals surface area contributed by atoms with E-state index in [1.165, 1.54) is 0 Å². The van der Waals surface area contributed by atoms with Gasteiger partial charge in [-0.3, -0.25) is 10.1 Å². The van der Waals surface area contributed by atoms with E-state index in [0.29, 0.717) is 6.07 Å². The van der Waals surface area contributed by atoms with Crippen molar-refractivity contribution in [1.29, 1.82) is 0 Å². The van der Waals surface area contributed by atoms with Crippen LogP contribution in [0.25, 0.3) is 0 Å². The van der Waals surface area contributed by atoms with Crippen LogP contribution >= 0.6 is 0 Å². The fourth-order valence-corrected chi connectivity index (χ4v) is 1.33. The summed E-state index contributed by atoms with van der Waals surface area (Å²) in [5, 5.41) is 10.3. The Morgan fingerprint density at radius 2 is 1.87 bits per heavy atom. The molecule has 0 saturated carbocycles. The molecule has 1 rings (SSSR count). The molecule has 0 aromatic heterocycles. The molecule has 8 nitrogen and oxygen atoms in total. The van der Waals surface area contributed by atoms with Crippen molar-refractivity contribution in [2.75, 3.05) is 5.73 Å². The lowest BCUT2D eigenvalue weighted by molar-refractivity contribution is -0.384. The van der Waals surface area contributed by atoms with Crippen LogP contribution in [0.1, 0.15) is 0 Å². The molecule has 15 heavy (non-hydrogen) atoms. The summed E-state index contributed by atoms with van der Waals surface area (Å²) in [5.74, 6) is 0. The van der Waals surface area contributed by atoms with Gasteiger partial charge in [0.15, 0.2) is 0 Å². The third kappa shape index (κ3) is 2.87. The number of anilines is 1. The minimum absolute atomic E-state index is 0. The summed E-state index contributed by atoms with van der Waals surface area (Å²) < 4.78 is 31.5. The van der Waals surface area contributed by atoms with E-state index in [1.54, 1.807) is 0 Å². The third-order valence-electron chi connectivity index (χ3n) is 1.49. The normalized spacial score (nSPS) is 10.5. The maximum atomic E-state index is 10.5. The van der Waals surface area contributed by atoms with E-state index in [9.17, 15) is 23.1 Å². The molecule has 0 aliphatic carbocycles. The van der Waals surface area contributed by atoms with E-state index < -0.39 is 25.6 Å². The zero-order valence-electron chi connectivity index (χ0n) is 7.71. The molecule has 0 aliphatic heterocycles. The largest absolute Gasteiger partial charge is 0.744 e. The lowest BCUT2D eigenvalue weighted by Crippen LogP contribution is -2.02. The second-order valence-electron chi connectivity index (χ2n) is 2.43. The molecular formula is C6H9N3O5S. The number of nitrogens with zero attached hydrogens (tertiary/aromatic N) is 1. The number of nitrogen functional groups attached to an aromatic ring is 1. The van der Waals surface area contributed by atoms with Gasteiger partial charge in [-0.15, -0.1) is 0 Å². The first kappa shape index (κ1) is 13.3. The predicted octanol–water partition coefficient (Wildman–Crippen LogP) is 0.457. The van der Waals surface area contributed by atoms with Crippen molar-refractivity contribution in [1.82, 2.24) is 6.15 Å². The average Bonchev–Trinajstić information content (AvgIpc) is 2.02. The van der Waals surface area contributed by atoms with Crippen LogP contribution in [0.4, 0.5) is 11.4 Å². The highest BCUT2D eigenvalue weighted by Crippen LogP contribution is 2.24. The molecule has 6 N–H and O–H groups in total. The molecule has 0 amide bonds. The van der Waals surface area contributed by atoms with Crippen molar-refractivity contribution in [3.63, 3.8) is 0 Å². The molecule has 9 heteroatoms. The Balaban J connectivity index is 0.00000196. The maximum Gasteiger partial charge on any atom is 0.293 e. The van der Waals surface area contributed by atoms with Gasteiger partial charge in [-0.2, -0.15) is 0 Å². The molecule has 84 valence electrons. The quantitative estimate of drug-likeness (QED) is 0.327. The molecule has 0 bridgehead atoms. The molecule has 0 heterocycles. The van der Waals surface area contributed by atoms with Crippen molar-refractivity contribution in [3.8, 4) is 0 Å². The first-order valence-electron chi connectivity index (χ1n) is 3.32. The fourth-order valence-electron chi connectivity index (χ4n) is 0.837. The molecule has 1 aromatic rings. The van der Waals surface area contributed by atoms with Crippen LogP contribution in [0.5, 0.6) is 0 Å². The number of hydrogen-bond donors (Lipinski definition) is 2. The Hall–Kier alpha value is -1.71. The first-order chi connectivity index (χ1) is 6.32. The van der Waals surface area contributed by atoms with Gasteiger partial charge in [0.2, 0.25) is 0 Å². The van der Waals surface area contributed by atoms with E-state index in [2.05, 4.69) is 0 Å². The van der Waals surface area contributed by atoms with Crippen molar-refractivity contribution in [2.24, 2.45) is 0 Å². The number of rotatable bonds is 2. The van der Waals surface area contributed by atoms with Gasteiger partial charge >= 0.3 is 0 Å². The fraction of sp³-hybridized carbons (Fsp3) is 0. The van der Waals surface area contributed by atoms with E-state index in [4.69, 9.17) is 5.73 Å². The SMILES string of the molecule is Nc1ccc(S(=O)(=O)[O-])cc1[N+](=O)[O-].[NH4+]. The lowest BCUT2D eigenvalue weighted by atomic mass is 10.3. The minimum atomic E-state index is -4.69. The Morgan fingerprint density at radius 1 is 1.33 bits per heavy atom. The lowest BCUT2D eigenvalue weighted by Gasteiger charge is -2.06. The highest BCUT2D eigenvalue weighted by atomic mass is 32.2. The Kier molecular flexibility index (Phi) is 3.73. The van der Waals surface area contributed by atoms with Crippen LogP contribution in [-0.2, 0) is 10.1 Å². The second-order valence-corrected chi connectivity index (χ2v) is 3.81. The van der Waals surface area contributed by atoms with Gasteiger partial charge in [-0.1, -0.05) is 0 Å². The first-order valence-corrected chi connectivity index (χ1v) is 4.73. The van der Waals surface area contributed by atoms with E-state index in [0.717, 1.165) is 12.1 Å². The smallest absolute Gasteiger partial charge is 0.293 e. The Labute approximate surface area is 85.2 Å². The molecule has 0 fully saturated rings. The maximum absolute atomic E-state index is 10.5. The molecule has 0 aliphatic rings. The summed E-state index contributed by atoms with van der Waals surface area (Å²) >= 11 is 0. The topological polar surface area (TPSA) is 163 Å². The van der Waals surface area contributed by atoms with E-state index in [1.807, 2.05) is 0 Å².